The Morgan fingerprint density at radius 2 is 1.55 bits per heavy atom. The summed E-state index contributed by atoms with van der Waals surface area (Å²) >= 11 is 0. The number of nitrogens with zero attached hydrogens (tertiary/aromatic N) is 2. The first kappa shape index (κ1) is 21.1. The number of methoxy groups -OCH3 is 2. The Balaban J connectivity index is 1.34. The fourth-order valence-electron chi connectivity index (χ4n) is 3.54. The van der Waals surface area contributed by atoms with E-state index >= 15 is 0 Å². The maximum absolute atomic E-state index is 12.3. The van der Waals surface area contributed by atoms with Crippen molar-refractivity contribution in [1.82, 2.24) is 9.80 Å². The number of nitrogens with one attached hydrogen (secondary N) is 1. The van der Waals surface area contributed by atoms with Gasteiger partial charge in [-0.1, -0.05) is 24.3 Å². The summed E-state index contributed by atoms with van der Waals surface area (Å²) in [5, 5.41) is 2.95. The predicted octanol–water partition coefficient (Wildman–Crippen LogP) is 2.89. The van der Waals surface area contributed by atoms with Crippen LogP contribution in [0.3, 0.4) is 0 Å². The molecule has 1 fully saturated rings. The van der Waals surface area contributed by atoms with E-state index in [1.165, 1.54) is 5.56 Å². The largest absolute Gasteiger partial charge is 0.497 e. The second kappa shape index (κ2) is 10.8. The standard InChI is InChI=1S/C23H31N3O3/c1-28-20-9-7-19(8-10-20)11-13-25-15-17-26(18-16-25)14-12-23(27)24-21-5-3-4-6-22(21)29-2/h3-10H,11-18H2,1-2H3,(H,24,27). The Morgan fingerprint density at radius 1 is 0.897 bits per heavy atom. The highest BCUT2D eigenvalue weighted by Gasteiger charge is 2.17. The van der Waals surface area contributed by atoms with Gasteiger partial charge < -0.3 is 24.6 Å². The van der Waals surface area contributed by atoms with Crippen LogP contribution in [0, 0.1) is 0 Å². The molecule has 0 bridgehead atoms. The van der Waals surface area contributed by atoms with Crippen LogP contribution in [0.4, 0.5) is 5.69 Å². The summed E-state index contributed by atoms with van der Waals surface area (Å²) in [4.78, 5) is 17.1. The second-order valence-electron chi connectivity index (χ2n) is 7.28. The zero-order chi connectivity index (χ0) is 20.5. The van der Waals surface area contributed by atoms with Gasteiger partial charge in [0.25, 0.3) is 0 Å². The van der Waals surface area contributed by atoms with Gasteiger partial charge in [0.1, 0.15) is 11.5 Å². The van der Waals surface area contributed by atoms with Gasteiger partial charge in [0.2, 0.25) is 5.91 Å². The smallest absolute Gasteiger partial charge is 0.225 e. The number of benzene rings is 2. The Bertz CT molecular complexity index is 771. The van der Waals surface area contributed by atoms with Crippen LogP contribution in [-0.4, -0.2) is 69.2 Å². The van der Waals surface area contributed by atoms with E-state index in [1.807, 2.05) is 36.4 Å². The number of para-hydroxylation sites is 2. The summed E-state index contributed by atoms with van der Waals surface area (Å²) in [6.07, 6.45) is 1.54. The number of carbonyl (C=O) groups is 1. The second-order valence-corrected chi connectivity index (χ2v) is 7.28. The zero-order valence-electron chi connectivity index (χ0n) is 17.4. The van der Waals surface area contributed by atoms with Crippen molar-refractivity contribution < 1.29 is 14.3 Å². The molecule has 6 heteroatoms. The summed E-state index contributed by atoms with van der Waals surface area (Å²) in [6, 6.07) is 15.8. The van der Waals surface area contributed by atoms with E-state index in [0.29, 0.717) is 12.2 Å². The summed E-state index contributed by atoms with van der Waals surface area (Å²) in [7, 11) is 3.30. The third-order valence-electron chi connectivity index (χ3n) is 5.38. The van der Waals surface area contributed by atoms with Gasteiger partial charge in [-0.25, -0.2) is 0 Å². The number of hydrogen-bond donors (Lipinski definition) is 1. The molecule has 0 aromatic heterocycles. The van der Waals surface area contributed by atoms with Gasteiger partial charge in [-0.2, -0.15) is 0 Å². The molecular weight excluding hydrogens is 366 g/mol. The van der Waals surface area contributed by atoms with E-state index in [-0.39, 0.29) is 5.91 Å². The average Bonchev–Trinajstić information content (AvgIpc) is 2.77. The molecule has 2 aromatic carbocycles. The molecule has 156 valence electrons. The van der Waals surface area contributed by atoms with Crippen LogP contribution in [0.2, 0.25) is 0 Å². The van der Waals surface area contributed by atoms with E-state index in [2.05, 4.69) is 27.2 Å². The molecule has 1 amide bonds. The van der Waals surface area contributed by atoms with Crippen LogP contribution in [0.15, 0.2) is 48.5 Å². The van der Waals surface area contributed by atoms with Gasteiger partial charge in [-0.05, 0) is 36.2 Å². The fourth-order valence-corrected chi connectivity index (χ4v) is 3.54. The molecule has 2 aromatic rings. The van der Waals surface area contributed by atoms with Crippen molar-refractivity contribution in [3.05, 3.63) is 54.1 Å². The first-order chi connectivity index (χ1) is 14.2. The average molecular weight is 398 g/mol. The molecule has 0 aliphatic carbocycles. The maximum atomic E-state index is 12.3. The number of hydrogen-bond acceptors (Lipinski definition) is 5. The van der Waals surface area contributed by atoms with Crippen molar-refractivity contribution in [2.45, 2.75) is 12.8 Å². The van der Waals surface area contributed by atoms with Crippen LogP contribution in [0.5, 0.6) is 11.5 Å². The number of rotatable bonds is 9. The van der Waals surface area contributed by atoms with Crippen molar-refractivity contribution >= 4 is 11.6 Å². The summed E-state index contributed by atoms with van der Waals surface area (Å²) in [5.74, 6) is 1.61. The summed E-state index contributed by atoms with van der Waals surface area (Å²) in [5.41, 5.74) is 2.06. The fraction of sp³-hybridized carbons (Fsp3) is 0.435. The first-order valence-corrected chi connectivity index (χ1v) is 10.2. The quantitative estimate of drug-likeness (QED) is 0.705. The molecule has 0 spiro atoms. The Hall–Kier alpha value is -2.57. The van der Waals surface area contributed by atoms with Crippen molar-refractivity contribution in [2.75, 3.05) is 58.8 Å². The highest BCUT2D eigenvalue weighted by Crippen LogP contribution is 2.23. The minimum Gasteiger partial charge on any atom is -0.497 e. The Morgan fingerprint density at radius 3 is 2.21 bits per heavy atom. The topological polar surface area (TPSA) is 54.0 Å². The number of piperazine rings is 1. The first-order valence-electron chi connectivity index (χ1n) is 10.2. The molecule has 1 aliphatic heterocycles. The zero-order valence-corrected chi connectivity index (χ0v) is 17.4. The van der Waals surface area contributed by atoms with Gasteiger partial charge >= 0.3 is 0 Å². The molecule has 1 N–H and O–H groups in total. The maximum Gasteiger partial charge on any atom is 0.225 e. The SMILES string of the molecule is COc1ccc(CCN2CCN(CCC(=O)Nc3ccccc3OC)CC2)cc1. The van der Waals surface area contributed by atoms with Crippen molar-refractivity contribution in [2.24, 2.45) is 0 Å². The third-order valence-corrected chi connectivity index (χ3v) is 5.38. The van der Waals surface area contributed by atoms with E-state index in [1.54, 1.807) is 14.2 Å². The Kier molecular flexibility index (Phi) is 7.90. The predicted molar refractivity (Wildman–Crippen MR) is 116 cm³/mol. The van der Waals surface area contributed by atoms with Crippen LogP contribution in [0.1, 0.15) is 12.0 Å². The van der Waals surface area contributed by atoms with E-state index in [9.17, 15) is 4.79 Å². The Labute approximate surface area is 173 Å². The minimum atomic E-state index is 0.0245. The lowest BCUT2D eigenvalue weighted by atomic mass is 10.1. The molecule has 29 heavy (non-hydrogen) atoms. The van der Waals surface area contributed by atoms with Gasteiger partial charge in [-0.15, -0.1) is 0 Å². The number of ether oxygens (including phenoxy) is 2. The van der Waals surface area contributed by atoms with Gasteiger partial charge in [0, 0.05) is 45.7 Å². The van der Waals surface area contributed by atoms with E-state index in [4.69, 9.17) is 9.47 Å². The minimum absolute atomic E-state index is 0.0245. The number of amides is 1. The molecule has 1 heterocycles. The third kappa shape index (κ3) is 6.48. The molecule has 0 radical (unpaired) electrons. The normalized spacial score (nSPS) is 15.1. The van der Waals surface area contributed by atoms with Crippen LogP contribution in [0.25, 0.3) is 0 Å². The number of carbonyl (C=O) groups excluding carboxylic acids is 1. The van der Waals surface area contributed by atoms with Crippen LogP contribution < -0.4 is 14.8 Å². The molecule has 0 atom stereocenters. The van der Waals surface area contributed by atoms with Crippen LogP contribution in [-0.2, 0) is 11.2 Å². The van der Waals surface area contributed by atoms with Crippen molar-refractivity contribution in [3.63, 3.8) is 0 Å². The highest BCUT2D eigenvalue weighted by atomic mass is 16.5. The lowest BCUT2D eigenvalue weighted by molar-refractivity contribution is -0.116. The lowest BCUT2D eigenvalue weighted by Gasteiger charge is -2.34. The van der Waals surface area contributed by atoms with Crippen LogP contribution >= 0.6 is 0 Å². The number of anilines is 1. The van der Waals surface area contributed by atoms with Gasteiger partial charge in [0.15, 0.2) is 0 Å². The van der Waals surface area contributed by atoms with Crippen molar-refractivity contribution in [1.29, 1.82) is 0 Å². The van der Waals surface area contributed by atoms with E-state index in [0.717, 1.165) is 57.1 Å². The monoisotopic (exact) mass is 397 g/mol. The lowest BCUT2D eigenvalue weighted by Crippen LogP contribution is -2.47. The summed E-state index contributed by atoms with van der Waals surface area (Å²) in [6.45, 7) is 5.95. The van der Waals surface area contributed by atoms with Crippen molar-refractivity contribution in [3.8, 4) is 11.5 Å². The molecule has 6 nitrogen and oxygen atoms in total. The van der Waals surface area contributed by atoms with Gasteiger partial charge in [0.05, 0.1) is 19.9 Å². The van der Waals surface area contributed by atoms with Gasteiger partial charge in [-0.3, -0.25) is 4.79 Å². The summed E-state index contributed by atoms with van der Waals surface area (Å²) < 4.78 is 10.5. The molecule has 0 saturated carbocycles. The molecular formula is C23H31N3O3. The molecule has 1 saturated heterocycles. The molecule has 3 rings (SSSR count). The van der Waals surface area contributed by atoms with E-state index < -0.39 is 0 Å². The molecule has 0 unspecified atom stereocenters. The molecule has 1 aliphatic rings. The highest BCUT2D eigenvalue weighted by molar-refractivity contribution is 5.92.